The number of hydrogen-bond donors (Lipinski definition) is 4. The van der Waals surface area contributed by atoms with Crippen molar-refractivity contribution in [3.8, 4) is 5.75 Å². The molecule has 4 amide bonds. The van der Waals surface area contributed by atoms with Crippen LogP contribution < -0.4 is 26.0 Å². The van der Waals surface area contributed by atoms with Gasteiger partial charge in [0.2, 0.25) is 23.4 Å². The Balaban J connectivity index is 1.79. The fourth-order valence-corrected chi connectivity index (χ4v) is 4.41. The lowest BCUT2D eigenvalue weighted by atomic mass is 9.87. The summed E-state index contributed by atoms with van der Waals surface area (Å²) in [6.45, 7) is 4.29. The Morgan fingerprint density at radius 3 is 2.14 bits per heavy atom. The molecular formula is C29H31F5N4O6. The molecule has 2 aromatic rings. The number of benzene rings is 2. The summed E-state index contributed by atoms with van der Waals surface area (Å²) in [6, 6.07) is 2.08. The lowest BCUT2D eigenvalue weighted by Gasteiger charge is -2.28. The number of para-hydroxylation sites is 1. The van der Waals surface area contributed by atoms with Gasteiger partial charge in [-0.1, -0.05) is 32.9 Å². The molecule has 3 rings (SSSR count). The van der Waals surface area contributed by atoms with E-state index in [2.05, 4.69) is 21.3 Å². The van der Waals surface area contributed by atoms with E-state index in [4.69, 9.17) is 4.74 Å². The van der Waals surface area contributed by atoms with Gasteiger partial charge in [0.1, 0.15) is 18.5 Å². The molecule has 0 unspecified atom stereocenters. The van der Waals surface area contributed by atoms with Gasteiger partial charge in [-0.05, 0) is 36.8 Å². The average Bonchev–Trinajstić information content (AvgIpc) is 3.35. The van der Waals surface area contributed by atoms with Crippen molar-refractivity contribution >= 4 is 35.1 Å². The number of ketones is 1. The van der Waals surface area contributed by atoms with Crippen LogP contribution in [0, 0.1) is 40.4 Å². The standard InChI is InChI=1S/C29H31F5N4O6/c1-29(2,3)12-20(38-28(43)27(42)36-18-7-5-4-6-15(18)30)26(41)37-19(10-14-8-9-35-25(14)40)21(39)13-44-24-22(33)16(31)11-17(32)23(24)34/h4-7,11,14,19-20H,8-10,12-13H2,1-3H3,(H,35,40)(H,36,42)(H,37,41)(H,38,43)/t14-,19-,20-/m0/s1. The van der Waals surface area contributed by atoms with Crippen LogP contribution in [0.25, 0.3) is 0 Å². The largest absolute Gasteiger partial charge is 0.479 e. The summed E-state index contributed by atoms with van der Waals surface area (Å²) < 4.78 is 74.0. The molecule has 1 fully saturated rings. The number of carbonyl (C=O) groups excluding carboxylic acids is 5. The summed E-state index contributed by atoms with van der Waals surface area (Å²) in [4.78, 5) is 63.9. The number of ether oxygens (including phenoxy) is 1. The Hall–Kier alpha value is -4.56. The maximum Gasteiger partial charge on any atom is 0.313 e. The van der Waals surface area contributed by atoms with Crippen LogP contribution >= 0.6 is 0 Å². The van der Waals surface area contributed by atoms with E-state index in [1.54, 1.807) is 20.8 Å². The minimum atomic E-state index is -1.88. The number of anilines is 1. The molecule has 4 N–H and O–H groups in total. The maximum absolute atomic E-state index is 14.1. The molecule has 0 aliphatic carbocycles. The van der Waals surface area contributed by atoms with Crippen LogP contribution in [0.5, 0.6) is 5.75 Å². The van der Waals surface area contributed by atoms with E-state index in [0.29, 0.717) is 0 Å². The first-order chi connectivity index (χ1) is 20.6. The minimum Gasteiger partial charge on any atom is -0.479 e. The zero-order valence-corrected chi connectivity index (χ0v) is 24.0. The molecule has 1 aliphatic heterocycles. The molecule has 2 aromatic carbocycles. The first-order valence-electron chi connectivity index (χ1n) is 13.5. The van der Waals surface area contributed by atoms with Gasteiger partial charge in [0.25, 0.3) is 0 Å². The molecule has 15 heteroatoms. The van der Waals surface area contributed by atoms with Crippen molar-refractivity contribution in [3.63, 3.8) is 0 Å². The molecule has 238 valence electrons. The zero-order valence-electron chi connectivity index (χ0n) is 24.0. The van der Waals surface area contributed by atoms with Crippen molar-refractivity contribution in [3.05, 3.63) is 59.4 Å². The van der Waals surface area contributed by atoms with Crippen molar-refractivity contribution in [1.29, 1.82) is 0 Å². The predicted molar refractivity (Wildman–Crippen MR) is 145 cm³/mol. The normalized spacial score (nSPS) is 16.0. The van der Waals surface area contributed by atoms with Crippen molar-refractivity contribution in [2.24, 2.45) is 11.3 Å². The zero-order chi connectivity index (χ0) is 32.8. The van der Waals surface area contributed by atoms with E-state index < -0.39 is 94.3 Å². The quantitative estimate of drug-likeness (QED) is 0.172. The van der Waals surface area contributed by atoms with E-state index in [9.17, 15) is 45.9 Å². The summed E-state index contributed by atoms with van der Waals surface area (Å²) in [5.74, 6) is -15.3. The average molecular weight is 627 g/mol. The van der Waals surface area contributed by atoms with Crippen molar-refractivity contribution in [1.82, 2.24) is 16.0 Å². The van der Waals surface area contributed by atoms with Crippen molar-refractivity contribution in [2.75, 3.05) is 18.5 Å². The molecule has 0 bridgehead atoms. The Morgan fingerprint density at radius 1 is 0.932 bits per heavy atom. The highest BCUT2D eigenvalue weighted by molar-refractivity contribution is 6.40. The molecule has 0 spiro atoms. The number of carbonyl (C=O) groups is 5. The van der Waals surface area contributed by atoms with Gasteiger partial charge in [0, 0.05) is 18.5 Å². The molecule has 0 saturated carbocycles. The summed E-state index contributed by atoms with van der Waals surface area (Å²) in [7, 11) is 0. The second-order valence-corrected chi connectivity index (χ2v) is 11.4. The molecule has 44 heavy (non-hydrogen) atoms. The van der Waals surface area contributed by atoms with E-state index in [1.165, 1.54) is 18.2 Å². The maximum atomic E-state index is 14.1. The Morgan fingerprint density at radius 2 is 1.57 bits per heavy atom. The van der Waals surface area contributed by atoms with E-state index in [-0.39, 0.29) is 37.6 Å². The van der Waals surface area contributed by atoms with Gasteiger partial charge in [-0.25, -0.2) is 13.2 Å². The third kappa shape index (κ3) is 8.97. The van der Waals surface area contributed by atoms with Crippen LogP contribution in [0.2, 0.25) is 0 Å². The van der Waals surface area contributed by atoms with E-state index >= 15 is 0 Å². The Labute approximate surface area is 249 Å². The first-order valence-corrected chi connectivity index (χ1v) is 13.5. The number of rotatable bonds is 11. The number of Topliss-reactive ketones (excluding diaryl/α,β-unsaturated/α-hetero) is 1. The van der Waals surface area contributed by atoms with Crippen LogP contribution in [0.4, 0.5) is 27.6 Å². The van der Waals surface area contributed by atoms with Gasteiger partial charge < -0.3 is 26.0 Å². The third-order valence-electron chi connectivity index (χ3n) is 6.59. The summed E-state index contributed by atoms with van der Waals surface area (Å²) in [5.41, 5.74) is -0.905. The predicted octanol–water partition coefficient (Wildman–Crippen LogP) is 2.90. The Bertz CT molecular complexity index is 1420. The van der Waals surface area contributed by atoms with Crippen molar-refractivity contribution < 1.29 is 50.7 Å². The first kappa shape index (κ1) is 33.9. The van der Waals surface area contributed by atoms with E-state index in [0.717, 1.165) is 6.07 Å². The van der Waals surface area contributed by atoms with Gasteiger partial charge in [-0.3, -0.25) is 24.0 Å². The topological polar surface area (TPSA) is 143 Å². The second-order valence-electron chi connectivity index (χ2n) is 11.4. The number of halogens is 5. The molecule has 10 nitrogen and oxygen atoms in total. The monoisotopic (exact) mass is 626 g/mol. The van der Waals surface area contributed by atoms with Gasteiger partial charge in [-0.15, -0.1) is 0 Å². The number of amides is 4. The molecule has 1 heterocycles. The van der Waals surface area contributed by atoms with Crippen LogP contribution in [-0.4, -0.2) is 54.6 Å². The summed E-state index contributed by atoms with van der Waals surface area (Å²) in [5, 5.41) is 9.30. The van der Waals surface area contributed by atoms with Crippen LogP contribution in [0.1, 0.15) is 40.0 Å². The molecule has 1 saturated heterocycles. The molecular weight excluding hydrogens is 595 g/mol. The SMILES string of the molecule is CC(C)(C)C[C@H](NC(=O)C(=O)Nc1ccccc1F)C(=O)N[C@@H](C[C@@H]1CCNC1=O)C(=O)COc1c(F)c(F)cc(F)c1F. The molecule has 1 aliphatic rings. The van der Waals surface area contributed by atoms with Crippen molar-refractivity contribution in [2.45, 2.75) is 52.1 Å². The number of hydrogen-bond acceptors (Lipinski definition) is 6. The third-order valence-corrected chi connectivity index (χ3v) is 6.59. The summed E-state index contributed by atoms with van der Waals surface area (Å²) in [6.07, 6.45) is -0.0554. The summed E-state index contributed by atoms with van der Waals surface area (Å²) >= 11 is 0. The second kappa shape index (κ2) is 14.3. The fraction of sp³-hybridized carbons (Fsp3) is 0.414. The fourth-order valence-electron chi connectivity index (χ4n) is 4.41. The highest BCUT2D eigenvalue weighted by atomic mass is 19.2. The van der Waals surface area contributed by atoms with Gasteiger partial charge in [0.15, 0.2) is 23.2 Å². The van der Waals surface area contributed by atoms with Crippen LogP contribution in [0.15, 0.2) is 30.3 Å². The van der Waals surface area contributed by atoms with Gasteiger partial charge in [-0.2, -0.15) is 8.78 Å². The van der Waals surface area contributed by atoms with Gasteiger partial charge >= 0.3 is 11.8 Å². The van der Waals surface area contributed by atoms with Crippen LogP contribution in [0.3, 0.4) is 0 Å². The van der Waals surface area contributed by atoms with Crippen LogP contribution in [-0.2, 0) is 24.0 Å². The van der Waals surface area contributed by atoms with Gasteiger partial charge in [0.05, 0.1) is 11.7 Å². The molecule has 0 aromatic heterocycles. The molecule has 3 atom stereocenters. The lowest BCUT2D eigenvalue weighted by Crippen LogP contribution is -2.55. The molecule has 0 radical (unpaired) electrons. The van der Waals surface area contributed by atoms with E-state index in [1.807, 2.05) is 0 Å². The Kier molecular flexibility index (Phi) is 11.0. The highest BCUT2D eigenvalue weighted by Crippen LogP contribution is 2.27. The number of nitrogens with one attached hydrogen (secondary N) is 4. The smallest absolute Gasteiger partial charge is 0.313 e. The lowest BCUT2D eigenvalue weighted by molar-refractivity contribution is -0.139. The minimum absolute atomic E-state index is 0.0403. The highest BCUT2D eigenvalue weighted by Gasteiger charge is 2.35.